The Bertz CT molecular complexity index is 477. The highest BCUT2D eigenvalue weighted by Crippen LogP contribution is 2.18. The molecule has 0 heterocycles. The summed E-state index contributed by atoms with van der Waals surface area (Å²) in [7, 11) is 1.63. The summed E-state index contributed by atoms with van der Waals surface area (Å²) in [5.41, 5.74) is 1.76. The summed E-state index contributed by atoms with van der Waals surface area (Å²) in [5.74, 6) is 0.800. The Balaban J connectivity index is 1.95. The third kappa shape index (κ3) is 4.26. The van der Waals surface area contributed by atoms with Crippen molar-refractivity contribution in [2.75, 3.05) is 13.6 Å². The van der Waals surface area contributed by atoms with E-state index in [1.165, 1.54) is 12.8 Å². The second kappa shape index (κ2) is 6.93. The van der Waals surface area contributed by atoms with Crippen molar-refractivity contribution in [1.82, 2.24) is 16.0 Å². The highest BCUT2D eigenvalue weighted by molar-refractivity contribution is 5.93. The van der Waals surface area contributed by atoms with Crippen molar-refractivity contribution in [3.63, 3.8) is 0 Å². The average molecular weight is 274 g/mol. The molecule has 20 heavy (non-hydrogen) atoms. The number of aliphatic imine (C=N–C) groups is 1. The fourth-order valence-corrected chi connectivity index (χ4v) is 1.82. The maximum absolute atomic E-state index is 11.4. The maximum atomic E-state index is 11.4. The number of nitrogens with zero attached hydrogens (tertiary/aromatic N) is 1. The number of amides is 1. The van der Waals surface area contributed by atoms with Crippen LogP contribution >= 0.6 is 0 Å². The number of hydrogen-bond donors (Lipinski definition) is 3. The van der Waals surface area contributed by atoms with Crippen molar-refractivity contribution in [2.45, 2.75) is 32.4 Å². The Morgan fingerprint density at radius 3 is 2.55 bits per heavy atom. The number of hydrogen-bond acceptors (Lipinski definition) is 2. The quantitative estimate of drug-likeness (QED) is 0.559. The SMILES string of the molecule is CCNC(=NCc1ccc(C(=O)NC)cc1)NC1CC1. The molecule has 1 aromatic carbocycles. The number of carbonyl (C=O) groups excluding carboxylic acids is 1. The average Bonchev–Trinajstić information content (AvgIpc) is 3.29. The molecule has 3 N–H and O–H groups in total. The third-order valence-corrected chi connectivity index (χ3v) is 3.13. The number of nitrogens with one attached hydrogen (secondary N) is 3. The van der Waals surface area contributed by atoms with Gasteiger partial charge in [-0.15, -0.1) is 0 Å². The van der Waals surface area contributed by atoms with Crippen molar-refractivity contribution in [3.8, 4) is 0 Å². The van der Waals surface area contributed by atoms with Gasteiger partial charge >= 0.3 is 0 Å². The molecule has 1 amide bonds. The number of benzene rings is 1. The molecule has 0 spiro atoms. The Morgan fingerprint density at radius 2 is 2.00 bits per heavy atom. The first-order valence-corrected chi connectivity index (χ1v) is 7.08. The minimum Gasteiger partial charge on any atom is -0.357 e. The van der Waals surface area contributed by atoms with E-state index in [1.807, 2.05) is 24.3 Å². The largest absolute Gasteiger partial charge is 0.357 e. The van der Waals surface area contributed by atoms with Crippen LogP contribution in [0.2, 0.25) is 0 Å². The van der Waals surface area contributed by atoms with Gasteiger partial charge in [-0.25, -0.2) is 4.99 Å². The molecule has 0 radical (unpaired) electrons. The Morgan fingerprint density at radius 1 is 1.30 bits per heavy atom. The zero-order valence-corrected chi connectivity index (χ0v) is 12.1. The Hall–Kier alpha value is -2.04. The first kappa shape index (κ1) is 14.4. The van der Waals surface area contributed by atoms with Crippen LogP contribution in [0.5, 0.6) is 0 Å². The first-order valence-electron chi connectivity index (χ1n) is 7.08. The van der Waals surface area contributed by atoms with Crippen LogP contribution in [0.25, 0.3) is 0 Å². The molecule has 0 aromatic heterocycles. The van der Waals surface area contributed by atoms with Crippen LogP contribution in [0.1, 0.15) is 35.7 Å². The van der Waals surface area contributed by atoms with Crippen molar-refractivity contribution in [3.05, 3.63) is 35.4 Å². The van der Waals surface area contributed by atoms with Crippen LogP contribution in [-0.2, 0) is 6.54 Å². The summed E-state index contributed by atoms with van der Waals surface area (Å²) in [5, 5.41) is 9.22. The molecule has 1 aliphatic carbocycles. The molecule has 0 bridgehead atoms. The van der Waals surface area contributed by atoms with E-state index in [4.69, 9.17) is 0 Å². The summed E-state index contributed by atoms with van der Waals surface area (Å²) in [6.07, 6.45) is 2.45. The lowest BCUT2D eigenvalue weighted by Crippen LogP contribution is -2.38. The smallest absolute Gasteiger partial charge is 0.251 e. The van der Waals surface area contributed by atoms with Crippen LogP contribution in [0.15, 0.2) is 29.3 Å². The monoisotopic (exact) mass is 274 g/mol. The molecule has 1 fully saturated rings. The van der Waals surface area contributed by atoms with E-state index in [2.05, 4.69) is 27.9 Å². The Labute approximate surface area is 119 Å². The molecular weight excluding hydrogens is 252 g/mol. The predicted octanol–water partition coefficient (Wildman–Crippen LogP) is 1.26. The molecule has 108 valence electrons. The molecule has 5 heteroatoms. The van der Waals surface area contributed by atoms with Gasteiger partial charge in [0.2, 0.25) is 0 Å². The molecule has 0 unspecified atom stereocenters. The summed E-state index contributed by atoms with van der Waals surface area (Å²) in [6, 6.07) is 8.11. The van der Waals surface area contributed by atoms with Crippen LogP contribution in [0.3, 0.4) is 0 Å². The van der Waals surface area contributed by atoms with Gasteiger partial charge in [0.15, 0.2) is 5.96 Å². The van der Waals surface area contributed by atoms with Gasteiger partial charge in [0.25, 0.3) is 5.91 Å². The minimum atomic E-state index is -0.0659. The second-order valence-corrected chi connectivity index (χ2v) is 4.89. The van der Waals surface area contributed by atoms with Crippen LogP contribution in [-0.4, -0.2) is 31.5 Å². The minimum absolute atomic E-state index is 0.0659. The maximum Gasteiger partial charge on any atom is 0.251 e. The van der Waals surface area contributed by atoms with E-state index < -0.39 is 0 Å². The summed E-state index contributed by atoms with van der Waals surface area (Å²) >= 11 is 0. The molecule has 0 atom stereocenters. The van der Waals surface area contributed by atoms with Crippen molar-refractivity contribution < 1.29 is 4.79 Å². The van der Waals surface area contributed by atoms with E-state index in [0.29, 0.717) is 18.2 Å². The lowest BCUT2D eigenvalue weighted by Gasteiger charge is -2.10. The van der Waals surface area contributed by atoms with Gasteiger partial charge in [-0.2, -0.15) is 0 Å². The molecule has 1 saturated carbocycles. The fourth-order valence-electron chi connectivity index (χ4n) is 1.82. The highest BCUT2D eigenvalue weighted by atomic mass is 16.1. The standard InChI is InChI=1S/C15H22N4O/c1-3-17-15(19-13-8-9-13)18-10-11-4-6-12(7-5-11)14(20)16-2/h4-7,13H,3,8-10H2,1-2H3,(H,16,20)(H2,17,18,19). The van der Waals surface area contributed by atoms with Gasteiger partial charge < -0.3 is 16.0 Å². The zero-order valence-electron chi connectivity index (χ0n) is 12.1. The van der Waals surface area contributed by atoms with Gasteiger partial charge in [0, 0.05) is 25.2 Å². The van der Waals surface area contributed by atoms with Crippen LogP contribution in [0.4, 0.5) is 0 Å². The van der Waals surface area contributed by atoms with Crippen molar-refractivity contribution in [2.24, 2.45) is 4.99 Å². The summed E-state index contributed by atoms with van der Waals surface area (Å²) in [4.78, 5) is 16.0. The normalized spacial score (nSPS) is 14.8. The molecule has 0 aliphatic heterocycles. The van der Waals surface area contributed by atoms with Crippen molar-refractivity contribution in [1.29, 1.82) is 0 Å². The van der Waals surface area contributed by atoms with E-state index in [1.54, 1.807) is 7.05 Å². The number of rotatable bonds is 5. The van der Waals surface area contributed by atoms with E-state index in [0.717, 1.165) is 18.1 Å². The van der Waals surface area contributed by atoms with Crippen LogP contribution < -0.4 is 16.0 Å². The lowest BCUT2D eigenvalue weighted by molar-refractivity contribution is 0.0963. The van der Waals surface area contributed by atoms with E-state index in [9.17, 15) is 4.79 Å². The molecule has 0 saturated heterocycles. The van der Waals surface area contributed by atoms with Gasteiger partial charge in [-0.3, -0.25) is 4.79 Å². The van der Waals surface area contributed by atoms with Gasteiger partial charge in [0.05, 0.1) is 6.54 Å². The van der Waals surface area contributed by atoms with Crippen molar-refractivity contribution >= 4 is 11.9 Å². The first-order chi connectivity index (χ1) is 9.72. The lowest BCUT2D eigenvalue weighted by atomic mass is 10.1. The topological polar surface area (TPSA) is 65.5 Å². The zero-order chi connectivity index (χ0) is 14.4. The summed E-state index contributed by atoms with van der Waals surface area (Å²) in [6.45, 7) is 3.52. The van der Waals surface area contributed by atoms with Gasteiger partial charge in [-0.1, -0.05) is 12.1 Å². The van der Waals surface area contributed by atoms with Gasteiger partial charge in [0.1, 0.15) is 0 Å². The number of guanidine groups is 1. The third-order valence-electron chi connectivity index (χ3n) is 3.13. The second-order valence-electron chi connectivity index (χ2n) is 4.89. The molecule has 2 rings (SSSR count). The number of carbonyl (C=O) groups is 1. The van der Waals surface area contributed by atoms with E-state index in [-0.39, 0.29) is 5.91 Å². The predicted molar refractivity (Wildman–Crippen MR) is 80.8 cm³/mol. The van der Waals surface area contributed by atoms with Crippen LogP contribution in [0, 0.1) is 0 Å². The summed E-state index contributed by atoms with van der Waals surface area (Å²) < 4.78 is 0. The molecule has 5 nitrogen and oxygen atoms in total. The fraction of sp³-hybridized carbons (Fsp3) is 0.467. The Kier molecular flexibility index (Phi) is 4.98. The van der Waals surface area contributed by atoms with E-state index >= 15 is 0 Å². The highest BCUT2D eigenvalue weighted by Gasteiger charge is 2.21. The molecule has 1 aromatic rings. The molecular formula is C15H22N4O. The van der Waals surface area contributed by atoms with Gasteiger partial charge in [-0.05, 0) is 37.5 Å². The molecule has 1 aliphatic rings.